The third kappa shape index (κ3) is 5.98. The Morgan fingerprint density at radius 3 is 2.44 bits per heavy atom. The topological polar surface area (TPSA) is 35.9 Å². The van der Waals surface area contributed by atoms with E-state index in [1.165, 1.54) is 31.5 Å². The average Bonchev–Trinajstić information content (AvgIpc) is 2.70. The van der Waals surface area contributed by atoms with Gasteiger partial charge < -0.3 is 14.7 Å². The minimum absolute atomic E-state index is 0.398. The standard InChI is InChI=1S/C23H32N2O2/c1-24-14-11-20(12-15-24)17-25(18-21-5-3-4-6-23(21)26)16-13-19-7-9-22(27-2)10-8-19/h3-10,20,26H,11-18H2,1-2H3. The number of hydrogen-bond donors (Lipinski definition) is 1. The first-order valence-corrected chi connectivity index (χ1v) is 9.94. The monoisotopic (exact) mass is 368 g/mol. The zero-order valence-electron chi connectivity index (χ0n) is 16.6. The lowest BCUT2D eigenvalue weighted by molar-refractivity contribution is 0.156. The smallest absolute Gasteiger partial charge is 0.120 e. The lowest BCUT2D eigenvalue weighted by Crippen LogP contribution is -2.37. The molecule has 0 aromatic heterocycles. The Bertz CT molecular complexity index is 694. The van der Waals surface area contributed by atoms with Gasteiger partial charge in [-0.05, 0) is 69.1 Å². The number of piperidine rings is 1. The number of nitrogens with zero attached hydrogens (tertiary/aromatic N) is 2. The summed E-state index contributed by atoms with van der Waals surface area (Å²) in [5, 5.41) is 10.2. The van der Waals surface area contributed by atoms with Crippen LogP contribution in [-0.2, 0) is 13.0 Å². The largest absolute Gasteiger partial charge is 0.508 e. The second-order valence-corrected chi connectivity index (χ2v) is 7.71. The molecule has 1 aliphatic rings. The van der Waals surface area contributed by atoms with Gasteiger partial charge in [0, 0.05) is 25.2 Å². The van der Waals surface area contributed by atoms with Gasteiger partial charge >= 0.3 is 0 Å². The molecule has 146 valence electrons. The highest BCUT2D eigenvalue weighted by Gasteiger charge is 2.20. The van der Waals surface area contributed by atoms with Crippen molar-refractivity contribution in [3.63, 3.8) is 0 Å². The Morgan fingerprint density at radius 2 is 1.78 bits per heavy atom. The van der Waals surface area contributed by atoms with Crippen LogP contribution in [0.1, 0.15) is 24.0 Å². The van der Waals surface area contributed by atoms with E-state index in [1.54, 1.807) is 13.2 Å². The van der Waals surface area contributed by atoms with Gasteiger partial charge in [-0.1, -0.05) is 30.3 Å². The third-order valence-electron chi connectivity index (χ3n) is 5.62. The molecule has 2 aromatic rings. The van der Waals surface area contributed by atoms with E-state index < -0.39 is 0 Å². The molecule has 0 aliphatic carbocycles. The van der Waals surface area contributed by atoms with Crippen LogP contribution in [-0.4, -0.2) is 55.2 Å². The fourth-order valence-electron chi connectivity index (χ4n) is 3.81. The number of ether oxygens (including phenoxy) is 1. The number of likely N-dealkylation sites (tertiary alicyclic amines) is 1. The van der Waals surface area contributed by atoms with Gasteiger partial charge in [0.25, 0.3) is 0 Å². The highest BCUT2D eigenvalue weighted by molar-refractivity contribution is 5.31. The molecule has 0 spiro atoms. The molecule has 2 aromatic carbocycles. The molecule has 0 atom stereocenters. The van der Waals surface area contributed by atoms with E-state index in [-0.39, 0.29) is 0 Å². The summed E-state index contributed by atoms with van der Waals surface area (Å²) in [5.41, 5.74) is 2.33. The van der Waals surface area contributed by atoms with Crippen LogP contribution in [0.4, 0.5) is 0 Å². The number of rotatable bonds is 8. The van der Waals surface area contributed by atoms with Crippen molar-refractivity contribution < 1.29 is 9.84 Å². The van der Waals surface area contributed by atoms with Crippen LogP contribution in [0, 0.1) is 5.92 Å². The summed E-state index contributed by atoms with van der Waals surface area (Å²) >= 11 is 0. The summed E-state index contributed by atoms with van der Waals surface area (Å²) in [7, 11) is 3.91. The minimum atomic E-state index is 0.398. The molecule has 1 aliphatic heterocycles. The summed E-state index contributed by atoms with van der Waals surface area (Å²) in [5.74, 6) is 2.04. The van der Waals surface area contributed by atoms with Crippen molar-refractivity contribution >= 4 is 0 Å². The molecule has 0 amide bonds. The molecule has 3 rings (SSSR count). The second kappa shape index (κ2) is 9.77. The van der Waals surface area contributed by atoms with Gasteiger partial charge in [0.05, 0.1) is 7.11 Å². The Kier molecular flexibility index (Phi) is 7.13. The normalized spacial score (nSPS) is 16.0. The van der Waals surface area contributed by atoms with Crippen molar-refractivity contribution in [2.75, 3.05) is 40.3 Å². The molecule has 1 N–H and O–H groups in total. The number of aromatic hydroxyl groups is 1. The Morgan fingerprint density at radius 1 is 1.07 bits per heavy atom. The SMILES string of the molecule is COc1ccc(CCN(Cc2ccccc2O)CC2CCN(C)CC2)cc1. The molecule has 4 heteroatoms. The van der Waals surface area contributed by atoms with E-state index >= 15 is 0 Å². The van der Waals surface area contributed by atoms with Crippen molar-refractivity contribution in [2.45, 2.75) is 25.8 Å². The summed E-state index contributed by atoms with van der Waals surface area (Å²) in [4.78, 5) is 4.93. The van der Waals surface area contributed by atoms with E-state index in [9.17, 15) is 5.11 Å². The Balaban J connectivity index is 1.63. The zero-order chi connectivity index (χ0) is 19.1. The molecule has 1 saturated heterocycles. The van der Waals surface area contributed by atoms with E-state index in [2.05, 4.69) is 29.0 Å². The van der Waals surface area contributed by atoms with Crippen LogP contribution < -0.4 is 4.74 Å². The van der Waals surface area contributed by atoms with Crippen molar-refractivity contribution in [1.29, 1.82) is 0 Å². The number of para-hydroxylation sites is 1. The van der Waals surface area contributed by atoms with Crippen LogP contribution in [0.3, 0.4) is 0 Å². The van der Waals surface area contributed by atoms with Crippen LogP contribution >= 0.6 is 0 Å². The molecule has 1 heterocycles. The molecule has 0 bridgehead atoms. The molecule has 4 nitrogen and oxygen atoms in total. The molecular formula is C23H32N2O2. The van der Waals surface area contributed by atoms with E-state index in [0.29, 0.717) is 5.75 Å². The van der Waals surface area contributed by atoms with Crippen molar-refractivity contribution in [2.24, 2.45) is 5.92 Å². The second-order valence-electron chi connectivity index (χ2n) is 7.71. The Hall–Kier alpha value is -2.04. The Labute approximate surface area is 163 Å². The first-order chi connectivity index (χ1) is 13.1. The third-order valence-corrected chi connectivity index (χ3v) is 5.62. The summed E-state index contributed by atoms with van der Waals surface area (Å²) in [6.07, 6.45) is 3.52. The fourth-order valence-corrected chi connectivity index (χ4v) is 3.81. The van der Waals surface area contributed by atoms with Gasteiger partial charge in [-0.15, -0.1) is 0 Å². The highest BCUT2D eigenvalue weighted by atomic mass is 16.5. The molecule has 27 heavy (non-hydrogen) atoms. The maximum absolute atomic E-state index is 10.2. The number of benzene rings is 2. The highest BCUT2D eigenvalue weighted by Crippen LogP contribution is 2.22. The van der Waals surface area contributed by atoms with Crippen molar-refractivity contribution in [3.8, 4) is 11.5 Å². The molecular weight excluding hydrogens is 336 g/mol. The van der Waals surface area contributed by atoms with Crippen molar-refractivity contribution in [3.05, 3.63) is 59.7 Å². The van der Waals surface area contributed by atoms with Gasteiger partial charge in [0.2, 0.25) is 0 Å². The summed E-state index contributed by atoms with van der Waals surface area (Å²) in [6, 6.07) is 16.1. The van der Waals surface area contributed by atoms with E-state index in [4.69, 9.17) is 4.74 Å². The zero-order valence-corrected chi connectivity index (χ0v) is 16.6. The summed E-state index contributed by atoms with van der Waals surface area (Å²) < 4.78 is 5.25. The quantitative estimate of drug-likeness (QED) is 0.769. The van der Waals surface area contributed by atoms with Crippen molar-refractivity contribution in [1.82, 2.24) is 9.80 Å². The first kappa shape index (κ1) is 19.7. The predicted molar refractivity (Wildman–Crippen MR) is 110 cm³/mol. The van der Waals surface area contributed by atoms with E-state index in [0.717, 1.165) is 43.3 Å². The molecule has 0 radical (unpaired) electrons. The lowest BCUT2D eigenvalue weighted by atomic mass is 9.96. The fraction of sp³-hybridized carbons (Fsp3) is 0.478. The average molecular weight is 369 g/mol. The minimum Gasteiger partial charge on any atom is -0.508 e. The van der Waals surface area contributed by atoms with Crippen LogP contribution in [0.25, 0.3) is 0 Å². The van der Waals surface area contributed by atoms with Gasteiger partial charge in [-0.3, -0.25) is 4.90 Å². The number of methoxy groups -OCH3 is 1. The van der Waals surface area contributed by atoms with E-state index in [1.807, 2.05) is 30.3 Å². The molecule has 0 saturated carbocycles. The van der Waals surface area contributed by atoms with Gasteiger partial charge in [0.15, 0.2) is 0 Å². The number of phenolic OH excluding ortho intramolecular Hbond substituents is 1. The maximum Gasteiger partial charge on any atom is 0.120 e. The first-order valence-electron chi connectivity index (χ1n) is 9.94. The molecule has 0 unspecified atom stereocenters. The van der Waals surface area contributed by atoms with Crippen LogP contribution in [0.2, 0.25) is 0 Å². The number of phenols is 1. The predicted octanol–water partition coefficient (Wildman–Crippen LogP) is 3.79. The van der Waals surface area contributed by atoms with Crippen LogP contribution in [0.15, 0.2) is 48.5 Å². The van der Waals surface area contributed by atoms with Crippen LogP contribution in [0.5, 0.6) is 11.5 Å². The summed E-state index contributed by atoms with van der Waals surface area (Å²) in [6.45, 7) is 5.27. The number of hydrogen-bond acceptors (Lipinski definition) is 4. The maximum atomic E-state index is 10.2. The lowest BCUT2D eigenvalue weighted by Gasteiger charge is -2.33. The molecule has 1 fully saturated rings. The van der Waals surface area contributed by atoms with Gasteiger partial charge in [-0.25, -0.2) is 0 Å². The van der Waals surface area contributed by atoms with Gasteiger partial charge in [-0.2, -0.15) is 0 Å². The van der Waals surface area contributed by atoms with Gasteiger partial charge in [0.1, 0.15) is 11.5 Å².